The van der Waals surface area contributed by atoms with Gasteiger partial charge in [0, 0.05) is 9.50 Å². The Kier molecular flexibility index (Phi) is 5.95. The molecule has 5 heteroatoms. The van der Waals surface area contributed by atoms with Crippen LogP contribution in [-0.2, 0) is 9.53 Å². The lowest BCUT2D eigenvalue weighted by Crippen LogP contribution is -2.30. The summed E-state index contributed by atoms with van der Waals surface area (Å²) in [5, 5.41) is 3.66. The maximum atomic E-state index is 11.7. The summed E-state index contributed by atoms with van der Waals surface area (Å²) in [5.74, 6) is -0.331. The molecule has 1 rings (SSSR count). The van der Waals surface area contributed by atoms with Crippen molar-refractivity contribution in [1.82, 2.24) is 5.32 Å². The Morgan fingerprint density at radius 2 is 2.29 bits per heavy atom. The summed E-state index contributed by atoms with van der Waals surface area (Å²) < 4.78 is 5.66. The van der Waals surface area contributed by atoms with E-state index in [2.05, 4.69) is 21.2 Å². The number of hydrogen-bond acceptors (Lipinski definition) is 3. The van der Waals surface area contributed by atoms with E-state index < -0.39 is 6.04 Å². The molecule has 94 valence electrons. The Labute approximate surface area is 115 Å². The standard InChI is InChI=1S/C12H15BrClNO2/c1-3-6-15-11(12(16)17-2)9-5-4-8(13)7-10(9)14/h4-5,7,11,15H,3,6H2,1-2H3. The minimum absolute atomic E-state index is 0.331. The SMILES string of the molecule is CCCNC(C(=O)OC)c1ccc(Br)cc1Cl. The van der Waals surface area contributed by atoms with Gasteiger partial charge in [-0.1, -0.05) is 40.5 Å². The molecule has 0 aliphatic rings. The normalized spacial score (nSPS) is 12.2. The van der Waals surface area contributed by atoms with Crippen LogP contribution >= 0.6 is 27.5 Å². The Bertz CT molecular complexity index is 398. The van der Waals surface area contributed by atoms with Crippen molar-refractivity contribution in [2.45, 2.75) is 19.4 Å². The molecular formula is C12H15BrClNO2. The van der Waals surface area contributed by atoms with Gasteiger partial charge in [-0.3, -0.25) is 0 Å². The van der Waals surface area contributed by atoms with Gasteiger partial charge in [-0.05, 0) is 30.7 Å². The zero-order valence-corrected chi connectivity index (χ0v) is 12.1. The number of rotatable bonds is 5. The van der Waals surface area contributed by atoms with Crippen LogP contribution in [0.5, 0.6) is 0 Å². The second-order valence-electron chi connectivity index (χ2n) is 3.58. The fourth-order valence-electron chi connectivity index (χ4n) is 1.46. The lowest BCUT2D eigenvalue weighted by molar-refractivity contribution is -0.143. The van der Waals surface area contributed by atoms with Crippen LogP contribution in [0.2, 0.25) is 5.02 Å². The lowest BCUT2D eigenvalue weighted by Gasteiger charge is -2.17. The van der Waals surface area contributed by atoms with Gasteiger partial charge in [-0.25, -0.2) is 4.79 Å². The van der Waals surface area contributed by atoms with E-state index in [0.717, 1.165) is 23.0 Å². The minimum atomic E-state index is -0.513. The molecule has 0 radical (unpaired) electrons. The second-order valence-corrected chi connectivity index (χ2v) is 4.90. The van der Waals surface area contributed by atoms with Crippen LogP contribution in [0.3, 0.4) is 0 Å². The van der Waals surface area contributed by atoms with Gasteiger partial charge in [0.05, 0.1) is 7.11 Å². The van der Waals surface area contributed by atoms with Crippen molar-refractivity contribution >= 4 is 33.5 Å². The number of carbonyl (C=O) groups excluding carboxylic acids is 1. The average Bonchev–Trinajstić information content (AvgIpc) is 2.31. The maximum absolute atomic E-state index is 11.7. The van der Waals surface area contributed by atoms with Crippen LogP contribution in [-0.4, -0.2) is 19.6 Å². The van der Waals surface area contributed by atoms with Gasteiger partial charge < -0.3 is 10.1 Å². The van der Waals surface area contributed by atoms with Crippen molar-refractivity contribution in [2.75, 3.05) is 13.7 Å². The van der Waals surface area contributed by atoms with Crippen molar-refractivity contribution in [3.63, 3.8) is 0 Å². The van der Waals surface area contributed by atoms with E-state index in [1.807, 2.05) is 19.1 Å². The highest BCUT2D eigenvalue weighted by atomic mass is 79.9. The zero-order chi connectivity index (χ0) is 12.8. The van der Waals surface area contributed by atoms with Gasteiger partial charge in [0.1, 0.15) is 6.04 Å². The Morgan fingerprint density at radius 1 is 1.59 bits per heavy atom. The summed E-state index contributed by atoms with van der Waals surface area (Å²) in [6.07, 6.45) is 0.932. The van der Waals surface area contributed by atoms with Gasteiger partial charge >= 0.3 is 5.97 Å². The smallest absolute Gasteiger partial charge is 0.327 e. The average molecular weight is 321 g/mol. The highest BCUT2D eigenvalue weighted by Crippen LogP contribution is 2.27. The summed E-state index contributed by atoms with van der Waals surface area (Å²) in [7, 11) is 1.37. The molecule has 0 heterocycles. The minimum Gasteiger partial charge on any atom is -0.468 e. The predicted octanol–water partition coefficient (Wildman–Crippen LogP) is 3.32. The molecule has 1 aromatic rings. The van der Waals surface area contributed by atoms with Crippen LogP contribution in [0, 0.1) is 0 Å². The number of halogens is 2. The molecule has 17 heavy (non-hydrogen) atoms. The molecule has 0 aromatic heterocycles. The van der Waals surface area contributed by atoms with Crippen molar-refractivity contribution in [2.24, 2.45) is 0 Å². The summed E-state index contributed by atoms with van der Waals surface area (Å²) in [6.45, 7) is 2.76. The van der Waals surface area contributed by atoms with E-state index >= 15 is 0 Å². The number of esters is 1. The third-order valence-electron chi connectivity index (χ3n) is 2.31. The molecule has 1 aromatic carbocycles. The first-order valence-corrected chi connectivity index (χ1v) is 6.53. The highest BCUT2D eigenvalue weighted by Gasteiger charge is 2.22. The monoisotopic (exact) mass is 319 g/mol. The first-order chi connectivity index (χ1) is 8.10. The van der Waals surface area contributed by atoms with E-state index in [9.17, 15) is 4.79 Å². The molecule has 1 N–H and O–H groups in total. The summed E-state index contributed by atoms with van der Waals surface area (Å²) in [6, 6.07) is 4.92. The first-order valence-electron chi connectivity index (χ1n) is 5.36. The number of nitrogens with one attached hydrogen (secondary N) is 1. The quantitative estimate of drug-likeness (QED) is 0.846. The summed E-state index contributed by atoms with van der Waals surface area (Å²) in [5.41, 5.74) is 0.732. The van der Waals surface area contributed by atoms with Crippen LogP contribution in [0.25, 0.3) is 0 Å². The molecule has 0 saturated carbocycles. The molecule has 1 atom stereocenters. The predicted molar refractivity (Wildman–Crippen MR) is 72.2 cm³/mol. The number of hydrogen-bond donors (Lipinski definition) is 1. The van der Waals surface area contributed by atoms with Gasteiger partial charge in [0.2, 0.25) is 0 Å². The summed E-state index contributed by atoms with van der Waals surface area (Å²) in [4.78, 5) is 11.7. The number of benzene rings is 1. The third-order valence-corrected chi connectivity index (χ3v) is 3.13. The molecular weight excluding hydrogens is 305 g/mol. The topological polar surface area (TPSA) is 38.3 Å². The molecule has 0 bridgehead atoms. The fraction of sp³-hybridized carbons (Fsp3) is 0.417. The Morgan fingerprint density at radius 3 is 2.82 bits per heavy atom. The molecule has 0 fully saturated rings. The molecule has 3 nitrogen and oxygen atoms in total. The third kappa shape index (κ3) is 3.98. The van der Waals surface area contributed by atoms with E-state index in [-0.39, 0.29) is 5.97 Å². The molecule has 0 amide bonds. The molecule has 0 aliphatic carbocycles. The van der Waals surface area contributed by atoms with Crippen LogP contribution in [0.4, 0.5) is 0 Å². The van der Waals surface area contributed by atoms with Crippen molar-refractivity contribution in [3.05, 3.63) is 33.3 Å². The fourth-order valence-corrected chi connectivity index (χ4v) is 2.24. The van der Waals surface area contributed by atoms with E-state index in [0.29, 0.717) is 5.02 Å². The van der Waals surface area contributed by atoms with E-state index in [1.165, 1.54) is 7.11 Å². The second kappa shape index (κ2) is 6.99. The molecule has 0 spiro atoms. The van der Waals surface area contributed by atoms with Gasteiger partial charge in [0.25, 0.3) is 0 Å². The Hall–Kier alpha value is -0.580. The van der Waals surface area contributed by atoms with Gasteiger partial charge in [0.15, 0.2) is 0 Å². The maximum Gasteiger partial charge on any atom is 0.327 e. The van der Waals surface area contributed by atoms with Crippen LogP contribution in [0.15, 0.2) is 22.7 Å². The van der Waals surface area contributed by atoms with Crippen molar-refractivity contribution in [1.29, 1.82) is 0 Å². The molecule has 0 aliphatic heterocycles. The van der Waals surface area contributed by atoms with Crippen molar-refractivity contribution < 1.29 is 9.53 Å². The largest absolute Gasteiger partial charge is 0.468 e. The number of methoxy groups -OCH3 is 1. The summed E-state index contributed by atoms with van der Waals surface area (Å²) >= 11 is 9.46. The van der Waals surface area contributed by atoms with Crippen LogP contribution in [0.1, 0.15) is 24.9 Å². The van der Waals surface area contributed by atoms with E-state index in [1.54, 1.807) is 6.07 Å². The molecule has 0 saturated heterocycles. The van der Waals surface area contributed by atoms with Gasteiger partial charge in [-0.15, -0.1) is 0 Å². The highest BCUT2D eigenvalue weighted by molar-refractivity contribution is 9.10. The lowest BCUT2D eigenvalue weighted by atomic mass is 10.1. The Balaban J connectivity index is 2.99. The van der Waals surface area contributed by atoms with E-state index in [4.69, 9.17) is 16.3 Å². The zero-order valence-electron chi connectivity index (χ0n) is 9.80. The molecule has 1 unspecified atom stereocenters. The number of ether oxygens (including phenoxy) is 1. The number of carbonyl (C=O) groups is 1. The first kappa shape index (κ1) is 14.5. The van der Waals surface area contributed by atoms with Gasteiger partial charge in [-0.2, -0.15) is 0 Å². The van der Waals surface area contributed by atoms with Crippen LogP contribution < -0.4 is 5.32 Å². The van der Waals surface area contributed by atoms with Crippen molar-refractivity contribution in [3.8, 4) is 0 Å².